The number of hydrogen-bond donors (Lipinski definition) is 1. The van der Waals surface area contributed by atoms with Crippen molar-refractivity contribution in [2.75, 3.05) is 19.4 Å². The van der Waals surface area contributed by atoms with Crippen LogP contribution in [0.4, 0.5) is 9.18 Å². The van der Waals surface area contributed by atoms with Crippen molar-refractivity contribution in [3.05, 3.63) is 29.6 Å². The molecule has 4 atom stereocenters. The van der Waals surface area contributed by atoms with Gasteiger partial charge in [0.25, 0.3) is 0 Å². The molecule has 0 spiro atoms. The lowest BCUT2D eigenvalue weighted by Gasteiger charge is -2.40. The summed E-state index contributed by atoms with van der Waals surface area (Å²) in [6, 6.07) is 4.16. The van der Waals surface area contributed by atoms with Crippen molar-refractivity contribution in [1.82, 2.24) is 4.90 Å². The third-order valence-corrected chi connectivity index (χ3v) is 7.41. The first-order valence-electron chi connectivity index (χ1n) is 10.1. The van der Waals surface area contributed by atoms with Gasteiger partial charge >= 0.3 is 6.09 Å². The largest absolute Gasteiger partial charge is 0.465 e. The smallest absolute Gasteiger partial charge is 0.407 e. The van der Waals surface area contributed by atoms with Crippen molar-refractivity contribution in [2.24, 2.45) is 23.7 Å². The van der Waals surface area contributed by atoms with Gasteiger partial charge in [0.2, 0.25) is 0 Å². The van der Waals surface area contributed by atoms with Crippen LogP contribution in [0.1, 0.15) is 38.7 Å². The van der Waals surface area contributed by atoms with Crippen LogP contribution in [0.15, 0.2) is 23.1 Å². The summed E-state index contributed by atoms with van der Waals surface area (Å²) < 4.78 is 42.7. The van der Waals surface area contributed by atoms with Crippen LogP contribution in [0.2, 0.25) is 0 Å². The molecule has 2 fully saturated rings. The molecular formula is C21H30FNO5S. The standard InChI is InChI=1S/C21H30FNO5S/c1-13(2)19-10-15(6-7-23(19)21(24)25)17-9-16(17)12-28-11-14-4-5-20(18(22)8-14)29(3,26)27/h4-5,8,13,15-17,19H,6-7,9-12H2,1-3H3,(H,24,25)/t15?,16-,17+,19?/m0/s1. The van der Waals surface area contributed by atoms with E-state index in [9.17, 15) is 22.7 Å². The number of carbonyl (C=O) groups is 1. The normalized spacial score (nSPS) is 27.3. The molecule has 0 radical (unpaired) electrons. The van der Waals surface area contributed by atoms with Crippen LogP contribution in [0, 0.1) is 29.5 Å². The maximum absolute atomic E-state index is 14.0. The van der Waals surface area contributed by atoms with Crippen LogP contribution in [0.25, 0.3) is 0 Å². The number of likely N-dealkylation sites (tertiary alicyclic amines) is 1. The van der Waals surface area contributed by atoms with Crippen LogP contribution in [-0.4, -0.2) is 50.0 Å². The topological polar surface area (TPSA) is 83.9 Å². The fourth-order valence-electron chi connectivity index (χ4n) is 4.59. The Bertz CT molecular complexity index is 857. The maximum atomic E-state index is 14.0. The number of halogens is 1. The van der Waals surface area contributed by atoms with Crippen molar-refractivity contribution in [3.63, 3.8) is 0 Å². The molecule has 162 valence electrons. The number of nitrogens with zero attached hydrogens (tertiary/aromatic N) is 1. The van der Waals surface area contributed by atoms with Crippen LogP contribution in [0.3, 0.4) is 0 Å². The molecule has 1 aromatic rings. The predicted molar refractivity (Wildman–Crippen MR) is 107 cm³/mol. The van der Waals surface area contributed by atoms with E-state index in [1.807, 2.05) is 0 Å². The zero-order valence-electron chi connectivity index (χ0n) is 17.2. The maximum Gasteiger partial charge on any atom is 0.407 e. The summed E-state index contributed by atoms with van der Waals surface area (Å²) in [5.74, 6) is 1.11. The van der Waals surface area contributed by atoms with Crippen LogP contribution in [-0.2, 0) is 21.2 Å². The Balaban J connectivity index is 1.47. The van der Waals surface area contributed by atoms with Gasteiger partial charge in [-0.05, 0) is 60.6 Å². The first-order valence-corrected chi connectivity index (χ1v) is 12.0. The second-order valence-electron chi connectivity index (χ2n) is 8.78. The summed E-state index contributed by atoms with van der Waals surface area (Å²) in [7, 11) is -3.57. The summed E-state index contributed by atoms with van der Waals surface area (Å²) in [5, 5.41) is 9.40. The zero-order valence-corrected chi connectivity index (χ0v) is 18.0. The molecule has 1 aromatic carbocycles. The minimum Gasteiger partial charge on any atom is -0.465 e. The van der Waals surface area contributed by atoms with Crippen LogP contribution >= 0.6 is 0 Å². The average molecular weight is 428 g/mol. The van der Waals surface area contributed by atoms with Gasteiger partial charge in [0, 0.05) is 18.8 Å². The highest BCUT2D eigenvalue weighted by Crippen LogP contribution is 2.49. The fourth-order valence-corrected chi connectivity index (χ4v) is 5.32. The lowest BCUT2D eigenvalue weighted by Crippen LogP contribution is -2.48. The molecule has 1 aliphatic heterocycles. The molecule has 2 unspecified atom stereocenters. The molecule has 2 aliphatic rings. The zero-order chi connectivity index (χ0) is 21.3. The molecule has 0 aromatic heterocycles. The van der Waals surface area contributed by atoms with E-state index in [-0.39, 0.29) is 17.5 Å². The average Bonchev–Trinajstić information content (AvgIpc) is 3.39. The monoisotopic (exact) mass is 427 g/mol. The number of piperidine rings is 1. The van der Waals surface area contributed by atoms with E-state index >= 15 is 0 Å². The van der Waals surface area contributed by atoms with Gasteiger partial charge in [0.1, 0.15) is 10.7 Å². The number of ether oxygens (including phenoxy) is 1. The Kier molecular flexibility index (Phi) is 6.53. The number of amides is 1. The number of benzene rings is 1. The Morgan fingerprint density at radius 1 is 1.34 bits per heavy atom. The highest BCUT2D eigenvalue weighted by atomic mass is 32.2. The van der Waals surface area contributed by atoms with Crippen molar-refractivity contribution in [2.45, 2.75) is 50.7 Å². The molecular weight excluding hydrogens is 397 g/mol. The minimum atomic E-state index is -3.57. The molecule has 1 N–H and O–H groups in total. The third-order valence-electron chi connectivity index (χ3n) is 6.28. The summed E-state index contributed by atoms with van der Waals surface area (Å²) >= 11 is 0. The second kappa shape index (κ2) is 8.60. The van der Waals surface area contributed by atoms with Gasteiger partial charge in [-0.25, -0.2) is 17.6 Å². The van der Waals surface area contributed by atoms with E-state index in [4.69, 9.17) is 4.74 Å². The van der Waals surface area contributed by atoms with Crippen molar-refractivity contribution in [1.29, 1.82) is 0 Å². The van der Waals surface area contributed by atoms with Gasteiger partial charge in [-0.15, -0.1) is 0 Å². The summed E-state index contributed by atoms with van der Waals surface area (Å²) in [6.45, 7) is 5.58. The Morgan fingerprint density at radius 2 is 2.07 bits per heavy atom. The second-order valence-corrected chi connectivity index (χ2v) is 10.8. The van der Waals surface area contributed by atoms with E-state index in [0.717, 1.165) is 25.5 Å². The summed E-state index contributed by atoms with van der Waals surface area (Å²) in [4.78, 5) is 12.7. The molecule has 1 aliphatic carbocycles. The highest BCUT2D eigenvalue weighted by molar-refractivity contribution is 7.90. The van der Waals surface area contributed by atoms with E-state index in [1.165, 1.54) is 12.1 Å². The molecule has 8 heteroatoms. The molecule has 29 heavy (non-hydrogen) atoms. The third kappa shape index (κ3) is 5.28. The van der Waals surface area contributed by atoms with Gasteiger partial charge < -0.3 is 14.7 Å². The van der Waals surface area contributed by atoms with Gasteiger partial charge in [-0.1, -0.05) is 19.9 Å². The molecule has 1 saturated heterocycles. The summed E-state index contributed by atoms with van der Waals surface area (Å²) in [6.07, 6.45) is 3.05. The van der Waals surface area contributed by atoms with Crippen molar-refractivity contribution in [3.8, 4) is 0 Å². The lowest BCUT2D eigenvalue weighted by molar-refractivity contribution is 0.0601. The first kappa shape index (κ1) is 22.0. The fraction of sp³-hybridized carbons (Fsp3) is 0.667. The molecule has 3 rings (SSSR count). The van der Waals surface area contributed by atoms with E-state index in [1.54, 1.807) is 11.0 Å². The van der Waals surface area contributed by atoms with E-state index < -0.39 is 21.7 Å². The Morgan fingerprint density at radius 3 is 2.66 bits per heavy atom. The molecule has 6 nitrogen and oxygen atoms in total. The van der Waals surface area contributed by atoms with Crippen molar-refractivity contribution >= 4 is 15.9 Å². The SMILES string of the molecule is CC(C)C1CC([C@H]2C[C@H]2COCc2ccc(S(C)(=O)=O)c(F)c2)CCN1C(=O)O. The highest BCUT2D eigenvalue weighted by Gasteiger charge is 2.46. The van der Waals surface area contributed by atoms with Gasteiger partial charge in [-0.2, -0.15) is 0 Å². The minimum absolute atomic E-state index is 0.0738. The Hall–Kier alpha value is -1.67. The first-order chi connectivity index (χ1) is 13.6. The number of rotatable bonds is 7. The quantitative estimate of drug-likeness (QED) is 0.716. The lowest BCUT2D eigenvalue weighted by atomic mass is 9.82. The predicted octanol–water partition coefficient (Wildman–Crippen LogP) is 3.80. The van der Waals surface area contributed by atoms with E-state index in [2.05, 4.69) is 13.8 Å². The van der Waals surface area contributed by atoms with Gasteiger partial charge in [0.15, 0.2) is 9.84 Å². The molecule has 0 bridgehead atoms. The van der Waals surface area contributed by atoms with Gasteiger partial charge in [0.05, 0.1) is 13.2 Å². The number of sulfone groups is 1. The van der Waals surface area contributed by atoms with Crippen LogP contribution < -0.4 is 0 Å². The van der Waals surface area contributed by atoms with Gasteiger partial charge in [-0.3, -0.25) is 0 Å². The number of hydrogen-bond acceptors (Lipinski definition) is 4. The van der Waals surface area contributed by atoms with E-state index in [0.29, 0.717) is 42.4 Å². The molecule has 1 heterocycles. The molecule has 1 amide bonds. The van der Waals surface area contributed by atoms with Crippen LogP contribution in [0.5, 0.6) is 0 Å². The summed E-state index contributed by atoms with van der Waals surface area (Å²) in [5.41, 5.74) is 0.613. The Labute approximate surface area is 172 Å². The molecule has 1 saturated carbocycles. The van der Waals surface area contributed by atoms with Crippen molar-refractivity contribution < 1.29 is 27.4 Å². The number of carboxylic acid groups (broad SMARTS) is 1.